The van der Waals surface area contributed by atoms with Crippen molar-refractivity contribution in [3.63, 3.8) is 0 Å². The van der Waals surface area contributed by atoms with Crippen LogP contribution in [-0.2, 0) is 0 Å². The van der Waals surface area contributed by atoms with Crippen LogP contribution in [0.4, 0.5) is 0 Å². The van der Waals surface area contributed by atoms with Gasteiger partial charge in [-0.25, -0.2) is 0 Å². The van der Waals surface area contributed by atoms with Crippen molar-refractivity contribution in [2.45, 2.75) is 0 Å². The molecule has 0 aliphatic rings. The molecule has 4 aromatic carbocycles. The van der Waals surface area contributed by atoms with Gasteiger partial charge in [-0.05, 0) is 18.2 Å². The molecule has 0 unspecified atom stereocenters. The maximum Gasteiger partial charge on any atom is 0.0556 e. The fraction of sp³-hybridized carbons (Fsp3) is 0. The lowest BCUT2D eigenvalue weighted by molar-refractivity contribution is 1.87. The summed E-state index contributed by atoms with van der Waals surface area (Å²) in [6, 6.07) is 26.8. The molecular formula is C30H12S6. The maximum absolute atomic E-state index is 2.31. The van der Waals surface area contributed by atoms with Crippen LogP contribution in [0.5, 0.6) is 0 Å². The lowest BCUT2D eigenvalue weighted by Crippen LogP contribution is -1.69. The third-order valence-electron chi connectivity index (χ3n) is 7.31. The van der Waals surface area contributed by atoms with Crippen LogP contribution in [0, 0.1) is 0 Å². The molecule has 10 aromatic rings. The molecule has 0 amide bonds. The first kappa shape index (κ1) is 19.5. The Labute approximate surface area is 227 Å². The molecule has 0 bridgehead atoms. The Bertz CT molecular complexity index is 2220. The molecular weight excluding hydrogens is 553 g/mol. The monoisotopic (exact) mass is 564 g/mol. The van der Waals surface area contributed by atoms with Gasteiger partial charge in [-0.1, -0.05) is 54.6 Å². The molecule has 6 heterocycles. The average molecular weight is 565 g/mol. The minimum absolute atomic E-state index is 1.40. The molecule has 0 saturated heterocycles. The van der Waals surface area contributed by atoms with Crippen LogP contribution < -0.4 is 0 Å². The van der Waals surface area contributed by atoms with E-state index in [4.69, 9.17) is 0 Å². The van der Waals surface area contributed by atoms with Crippen molar-refractivity contribution in [3.8, 4) is 0 Å². The van der Waals surface area contributed by atoms with Gasteiger partial charge in [0, 0.05) is 60.5 Å². The average Bonchev–Trinajstić information content (AvgIpc) is 3.70. The van der Waals surface area contributed by atoms with Crippen molar-refractivity contribution >= 4 is 157 Å². The van der Waals surface area contributed by atoms with Gasteiger partial charge < -0.3 is 0 Å². The fourth-order valence-corrected chi connectivity index (χ4v) is 14.7. The van der Waals surface area contributed by atoms with E-state index in [0.29, 0.717) is 0 Å². The molecule has 6 heteroatoms. The summed E-state index contributed by atoms with van der Waals surface area (Å²) in [5, 5.41) is 8.71. The summed E-state index contributed by atoms with van der Waals surface area (Å²) in [7, 11) is 0. The normalized spacial score (nSPS) is 13.0. The Balaban J connectivity index is 1.57. The van der Waals surface area contributed by atoms with E-state index in [1.54, 1.807) is 0 Å². The predicted molar refractivity (Wildman–Crippen MR) is 171 cm³/mol. The zero-order chi connectivity index (χ0) is 23.1. The molecule has 10 rings (SSSR count). The first-order chi connectivity index (χ1) is 17.8. The Kier molecular flexibility index (Phi) is 3.60. The number of benzene rings is 4. The summed E-state index contributed by atoms with van der Waals surface area (Å²) >= 11 is 12.0. The third-order valence-corrected chi connectivity index (χ3v) is 15.0. The Morgan fingerprint density at radius 3 is 0.917 bits per heavy atom. The molecule has 0 aliphatic carbocycles. The first-order valence-electron chi connectivity index (χ1n) is 11.7. The van der Waals surface area contributed by atoms with Crippen LogP contribution in [0.1, 0.15) is 0 Å². The third kappa shape index (κ3) is 2.22. The molecule has 6 aromatic heterocycles. The second-order valence-electron chi connectivity index (χ2n) is 9.19. The zero-order valence-electron chi connectivity index (χ0n) is 18.4. The van der Waals surface area contributed by atoms with Crippen LogP contribution in [0.3, 0.4) is 0 Å². The van der Waals surface area contributed by atoms with Gasteiger partial charge in [0.1, 0.15) is 0 Å². The van der Waals surface area contributed by atoms with Crippen LogP contribution in [0.2, 0.25) is 0 Å². The van der Waals surface area contributed by atoms with E-state index in [2.05, 4.69) is 72.8 Å². The summed E-state index contributed by atoms with van der Waals surface area (Å²) in [6.07, 6.45) is 0. The molecule has 36 heavy (non-hydrogen) atoms. The quantitative estimate of drug-likeness (QED) is 0.172. The number of hydrogen-bond donors (Lipinski definition) is 0. The van der Waals surface area contributed by atoms with E-state index in [0.717, 1.165) is 0 Å². The highest BCUT2D eigenvalue weighted by Gasteiger charge is 2.26. The van der Waals surface area contributed by atoms with Crippen LogP contribution in [-0.4, -0.2) is 0 Å². The van der Waals surface area contributed by atoms with Gasteiger partial charge in [-0.3, -0.25) is 0 Å². The largest absolute Gasteiger partial charge is 0.134 e. The fourth-order valence-electron chi connectivity index (χ4n) is 5.78. The van der Waals surface area contributed by atoms with Crippen molar-refractivity contribution < 1.29 is 0 Å². The van der Waals surface area contributed by atoms with Gasteiger partial charge in [-0.2, -0.15) is 0 Å². The molecule has 0 fully saturated rings. The number of thiophene rings is 6. The van der Waals surface area contributed by atoms with Crippen molar-refractivity contribution in [2.75, 3.05) is 0 Å². The maximum atomic E-state index is 2.31. The first-order valence-corrected chi connectivity index (χ1v) is 16.6. The second kappa shape index (κ2) is 6.64. The minimum atomic E-state index is 1.40. The standard InChI is InChI=1S/C30H12S6/c1-4-10-16-13(7-1)22-28(31-16)19-25(34-22)20-27(36-23-14-8-2-5-11-17(14)32-29(20)23)21-26(19)35-24-15-9-3-6-12-18(15)33-30(21)24/h1-12H. The number of rotatable bonds is 0. The topological polar surface area (TPSA) is 0 Å². The number of hydrogen-bond acceptors (Lipinski definition) is 6. The summed E-state index contributed by atoms with van der Waals surface area (Å²) in [5.74, 6) is 0. The van der Waals surface area contributed by atoms with Gasteiger partial charge in [0.15, 0.2) is 0 Å². The van der Waals surface area contributed by atoms with Crippen LogP contribution >= 0.6 is 68.0 Å². The van der Waals surface area contributed by atoms with Gasteiger partial charge in [0.25, 0.3) is 0 Å². The van der Waals surface area contributed by atoms with Gasteiger partial charge in [0.05, 0.1) is 28.2 Å². The molecule has 0 saturated carbocycles. The molecule has 168 valence electrons. The van der Waals surface area contributed by atoms with E-state index >= 15 is 0 Å². The SMILES string of the molecule is c1ccc2c(c1)sc1c2sc2c1c1sc3c4ccccc4sc3c1c1sc3c4ccccc4sc3c21. The molecule has 0 atom stereocenters. The summed E-state index contributed by atoms with van der Waals surface area (Å²) < 4.78 is 17.5. The lowest BCUT2D eigenvalue weighted by atomic mass is 10.1. The Morgan fingerprint density at radius 2 is 0.583 bits per heavy atom. The van der Waals surface area contributed by atoms with E-state index < -0.39 is 0 Å². The minimum Gasteiger partial charge on any atom is -0.134 e. The van der Waals surface area contributed by atoms with Gasteiger partial charge in [0.2, 0.25) is 0 Å². The van der Waals surface area contributed by atoms with Crippen molar-refractivity contribution in [1.29, 1.82) is 0 Å². The summed E-state index contributed by atoms with van der Waals surface area (Å²) in [5.41, 5.74) is 0. The van der Waals surface area contributed by atoms with E-state index in [1.807, 2.05) is 68.0 Å². The molecule has 0 spiro atoms. The van der Waals surface area contributed by atoms with E-state index in [-0.39, 0.29) is 0 Å². The van der Waals surface area contributed by atoms with Crippen molar-refractivity contribution in [2.24, 2.45) is 0 Å². The second-order valence-corrected chi connectivity index (χ2v) is 15.4. The Hall–Kier alpha value is -2.58. The van der Waals surface area contributed by atoms with Gasteiger partial charge in [-0.15, -0.1) is 68.0 Å². The zero-order valence-corrected chi connectivity index (χ0v) is 23.3. The number of fused-ring (bicyclic) bond motifs is 18. The summed E-state index contributed by atoms with van der Waals surface area (Å²) in [6.45, 7) is 0. The Morgan fingerprint density at radius 1 is 0.278 bits per heavy atom. The highest BCUT2D eigenvalue weighted by molar-refractivity contribution is 7.43. The van der Waals surface area contributed by atoms with E-state index in [1.165, 1.54) is 88.7 Å². The van der Waals surface area contributed by atoms with Crippen molar-refractivity contribution in [1.82, 2.24) is 0 Å². The molecule has 0 nitrogen and oxygen atoms in total. The highest BCUT2D eigenvalue weighted by Crippen LogP contribution is 2.58. The molecule has 0 radical (unpaired) electrons. The smallest absolute Gasteiger partial charge is 0.0556 e. The van der Waals surface area contributed by atoms with Crippen molar-refractivity contribution in [3.05, 3.63) is 72.8 Å². The lowest BCUT2D eigenvalue weighted by Gasteiger charge is -1.99. The summed E-state index contributed by atoms with van der Waals surface area (Å²) in [4.78, 5) is 0. The predicted octanol–water partition coefficient (Wildman–Crippen LogP) is 12.4. The molecule has 0 aliphatic heterocycles. The van der Waals surface area contributed by atoms with E-state index in [9.17, 15) is 0 Å². The highest BCUT2D eigenvalue weighted by atomic mass is 32.1. The molecule has 0 N–H and O–H groups in total. The van der Waals surface area contributed by atoms with Crippen LogP contribution in [0.25, 0.3) is 88.7 Å². The van der Waals surface area contributed by atoms with Crippen LogP contribution in [0.15, 0.2) is 72.8 Å². The van der Waals surface area contributed by atoms with Gasteiger partial charge >= 0.3 is 0 Å².